The van der Waals surface area contributed by atoms with E-state index in [2.05, 4.69) is 4.99 Å². The molecule has 12 heavy (non-hydrogen) atoms. The fourth-order valence-electron chi connectivity index (χ4n) is 0.723. The number of rotatable bonds is 3. The number of nitrogens with zero attached hydrogens (tertiary/aromatic N) is 1. The Bertz CT molecular complexity index is 275. The highest BCUT2D eigenvalue weighted by Gasteiger charge is 1.90. The molecule has 3 nitrogen and oxygen atoms in total. The van der Waals surface area contributed by atoms with Crippen molar-refractivity contribution < 1.29 is 0 Å². The molecule has 0 saturated heterocycles. The van der Waals surface area contributed by atoms with Crippen LogP contribution in [0, 0.1) is 0 Å². The molecule has 0 aliphatic rings. The molecule has 1 aromatic heterocycles. The summed E-state index contributed by atoms with van der Waals surface area (Å²) in [6, 6.07) is 4.01. The van der Waals surface area contributed by atoms with Crippen molar-refractivity contribution in [1.82, 2.24) is 0 Å². The molecule has 0 spiro atoms. The summed E-state index contributed by atoms with van der Waals surface area (Å²) in [6.45, 7) is 0.633. The van der Waals surface area contributed by atoms with Gasteiger partial charge in [0.05, 0.1) is 6.54 Å². The molecule has 64 valence electrons. The second-order valence-corrected chi connectivity index (χ2v) is 3.21. The molecule has 4 heteroatoms. The van der Waals surface area contributed by atoms with Gasteiger partial charge in [0.1, 0.15) is 5.84 Å². The van der Waals surface area contributed by atoms with Crippen molar-refractivity contribution in [3.63, 3.8) is 0 Å². The summed E-state index contributed by atoms with van der Waals surface area (Å²) < 4.78 is 0. The fourth-order valence-corrected chi connectivity index (χ4v) is 1.35. The monoisotopic (exact) mass is 181 g/mol. The van der Waals surface area contributed by atoms with Crippen molar-refractivity contribution in [1.29, 1.82) is 0 Å². The number of amidine groups is 1. The Hall–Kier alpha value is -1.29. The van der Waals surface area contributed by atoms with Crippen molar-refractivity contribution in [3.8, 4) is 0 Å². The van der Waals surface area contributed by atoms with Crippen LogP contribution in [-0.2, 0) is 6.54 Å². The second-order valence-electron chi connectivity index (χ2n) is 2.18. The third kappa shape index (κ3) is 2.75. The van der Waals surface area contributed by atoms with Gasteiger partial charge in [0, 0.05) is 4.88 Å². The summed E-state index contributed by atoms with van der Waals surface area (Å²) in [5, 5.41) is 2.01. The van der Waals surface area contributed by atoms with E-state index >= 15 is 0 Å². The smallest absolute Gasteiger partial charge is 0.120 e. The van der Waals surface area contributed by atoms with Gasteiger partial charge in [-0.15, -0.1) is 11.3 Å². The molecule has 0 bridgehead atoms. The zero-order chi connectivity index (χ0) is 8.81. The third-order valence-electron chi connectivity index (χ3n) is 1.26. The van der Waals surface area contributed by atoms with Gasteiger partial charge in [-0.25, -0.2) is 0 Å². The zero-order valence-corrected chi connectivity index (χ0v) is 7.42. The predicted octanol–water partition coefficient (Wildman–Crippen LogP) is 1.08. The minimum Gasteiger partial charge on any atom is -0.404 e. The minimum atomic E-state index is 0.464. The Balaban J connectivity index is 2.49. The topological polar surface area (TPSA) is 64.4 Å². The largest absolute Gasteiger partial charge is 0.404 e. The van der Waals surface area contributed by atoms with Gasteiger partial charge in [-0.3, -0.25) is 4.99 Å². The third-order valence-corrected chi connectivity index (χ3v) is 2.13. The molecule has 1 heterocycles. The van der Waals surface area contributed by atoms with Crippen molar-refractivity contribution >= 4 is 17.2 Å². The Morgan fingerprint density at radius 1 is 1.67 bits per heavy atom. The molecule has 1 rings (SSSR count). The highest BCUT2D eigenvalue weighted by atomic mass is 32.1. The number of hydrogen-bond donors (Lipinski definition) is 2. The van der Waals surface area contributed by atoms with Gasteiger partial charge >= 0.3 is 0 Å². The number of aliphatic imine (C=N–C) groups is 1. The maximum Gasteiger partial charge on any atom is 0.120 e. The Morgan fingerprint density at radius 3 is 3.08 bits per heavy atom. The molecular formula is C8H11N3S. The summed E-state index contributed by atoms with van der Waals surface area (Å²) in [5.41, 5.74) is 10.6. The van der Waals surface area contributed by atoms with Crippen LogP contribution in [0.25, 0.3) is 0 Å². The number of thiophene rings is 1. The molecule has 0 radical (unpaired) electrons. The van der Waals surface area contributed by atoms with E-state index in [1.807, 2.05) is 17.5 Å². The van der Waals surface area contributed by atoms with Gasteiger partial charge in [-0.1, -0.05) is 6.07 Å². The molecule has 0 atom stereocenters. The summed E-state index contributed by atoms with van der Waals surface area (Å²) in [4.78, 5) is 5.29. The quantitative estimate of drug-likeness (QED) is 0.541. The maximum absolute atomic E-state index is 5.49. The van der Waals surface area contributed by atoms with Gasteiger partial charge in [0.25, 0.3) is 0 Å². The van der Waals surface area contributed by atoms with Gasteiger partial charge in [-0.05, 0) is 23.7 Å². The number of nitrogens with two attached hydrogens (primary N) is 2. The molecule has 0 saturated carbocycles. The standard InChI is InChI=1S/C8H11N3S/c9-4-3-8(10)11-6-7-2-1-5-12-7/h1-5H,6,9H2,(H2,10,11)/b4-3-. The normalized spacial score (nSPS) is 12.5. The molecule has 4 N–H and O–H groups in total. The SMILES string of the molecule is N/C=C\C(N)=NCc1cccs1. The van der Waals surface area contributed by atoms with Crippen LogP contribution < -0.4 is 11.5 Å². The lowest BCUT2D eigenvalue weighted by Crippen LogP contribution is -2.08. The number of hydrogen-bond acceptors (Lipinski definition) is 3. The highest BCUT2D eigenvalue weighted by molar-refractivity contribution is 7.09. The van der Waals surface area contributed by atoms with Crippen LogP contribution >= 0.6 is 11.3 Å². The van der Waals surface area contributed by atoms with Crippen LogP contribution in [0.5, 0.6) is 0 Å². The highest BCUT2D eigenvalue weighted by Crippen LogP contribution is 2.09. The Morgan fingerprint density at radius 2 is 2.50 bits per heavy atom. The average Bonchev–Trinajstić information content (AvgIpc) is 2.53. The predicted molar refractivity (Wildman–Crippen MR) is 53.0 cm³/mol. The van der Waals surface area contributed by atoms with E-state index in [0.717, 1.165) is 0 Å². The van der Waals surface area contributed by atoms with Crippen LogP contribution in [0.2, 0.25) is 0 Å². The van der Waals surface area contributed by atoms with E-state index < -0.39 is 0 Å². The molecule has 0 aliphatic heterocycles. The Kier molecular flexibility index (Phi) is 3.35. The minimum absolute atomic E-state index is 0.464. The van der Waals surface area contributed by atoms with Gasteiger partial charge < -0.3 is 11.5 Å². The zero-order valence-electron chi connectivity index (χ0n) is 6.60. The maximum atomic E-state index is 5.49. The van der Waals surface area contributed by atoms with E-state index in [1.165, 1.54) is 11.1 Å². The molecule has 0 fully saturated rings. The van der Waals surface area contributed by atoms with Gasteiger partial charge in [-0.2, -0.15) is 0 Å². The first kappa shape index (κ1) is 8.80. The summed E-state index contributed by atoms with van der Waals surface area (Å²) in [5.74, 6) is 0.464. The van der Waals surface area contributed by atoms with Crippen LogP contribution in [0.4, 0.5) is 0 Å². The lowest BCUT2D eigenvalue weighted by molar-refractivity contribution is 1.10. The summed E-state index contributed by atoms with van der Waals surface area (Å²) in [6.07, 6.45) is 2.96. The Labute approximate surface area is 75.4 Å². The van der Waals surface area contributed by atoms with Crippen molar-refractivity contribution in [2.45, 2.75) is 6.54 Å². The van der Waals surface area contributed by atoms with E-state index in [1.54, 1.807) is 17.4 Å². The van der Waals surface area contributed by atoms with E-state index in [9.17, 15) is 0 Å². The van der Waals surface area contributed by atoms with Crippen molar-refractivity contribution in [2.75, 3.05) is 0 Å². The van der Waals surface area contributed by atoms with E-state index in [-0.39, 0.29) is 0 Å². The van der Waals surface area contributed by atoms with Crippen molar-refractivity contribution in [2.24, 2.45) is 16.5 Å². The first-order valence-electron chi connectivity index (χ1n) is 3.53. The lowest BCUT2D eigenvalue weighted by atomic mass is 10.4. The lowest BCUT2D eigenvalue weighted by Gasteiger charge is -1.91. The van der Waals surface area contributed by atoms with Crippen LogP contribution in [0.3, 0.4) is 0 Å². The van der Waals surface area contributed by atoms with Crippen LogP contribution in [-0.4, -0.2) is 5.84 Å². The van der Waals surface area contributed by atoms with E-state index in [4.69, 9.17) is 11.5 Å². The second kappa shape index (κ2) is 4.56. The molecule has 1 aromatic rings. The molecule has 0 amide bonds. The fraction of sp³-hybridized carbons (Fsp3) is 0.125. The van der Waals surface area contributed by atoms with Crippen LogP contribution in [0.15, 0.2) is 34.8 Å². The summed E-state index contributed by atoms with van der Waals surface area (Å²) >= 11 is 1.67. The molecule has 0 aromatic carbocycles. The first-order valence-corrected chi connectivity index (χ1v) is 4.41. The first-order chi connectivity index (χ1) is 5.83. The van der Waals surface area contributed by atoms with E-state index in [0.29, 0.717) is 12.4 Å². The van der Waals surface area contributed by atoms with Crippen molar-refractivity contribution in [3.05, 3.63) is 34.7 Å². The summed E-state index contributed by atoms with van der Waals surface area (Å²) in [7, 11) is 0. The molecular weight excluding hydrogens is 170 g/mol. The van der Waals surface area contributed by atoms with Gasteiger partial charge in [0.2, 0.25) is 0 Å². The molecule has 0 unspecified atom stereocenters. The molecule has 0 aliphatic carbocycles. The van der Waals surface area contributed by atoms with Crippen LogP contribution in [0.1, 0.15) is 4.88 Å². The van der Waals surface area contributed by atoms with Gasteiger partial charge in [0.15, 0.2) is 0 Å². The average molecular weight is 181 g/mol.